The van der Waals surface area contributed by atoms with E-state index in [-0.39, 0.29) is 5.56 Å². The minimum atomic E-state index is -0.814. The summed E-state index contributed by atoms with van der Waals surface area (Å²) < 4.78 is 2.62. The van der Waals surface area contributed by atoms with Gasteiger partial charge < -0.3 is 4.98 Å². The fraction of sp³-hybridized carbons (Fsp3) is 0.0571. The zero-order valence-corrected chi connectivity index (χ0v) is 23.8. The van der Waals surface area contributed by atoms with Crippen LogP contribution in [0, 0.1) is 6.92 Å². The lowest BCUT2D eigenvalue weighted by Gasteiger charge is -2.37. The molecule has 3 aromatic heterocycles. The molecule has 0 aliphatic carbocycles. The molecule has 0 saturated carbocycles. The molecule has 1 N–H and O–H groups in total. The smallest absolute Gasteiger partial charge is 0.262 e. The van der Waals surface area contributed by atoms with Gasteiger partial charge in [0.05, 0.1) is 15.5 Å². The second kappa shape index (κ2) is 9.98. The first-order valence-corrected chi connectivity index (χ1v) is 14.2. The summed E-state index contributed by atoms with van der Waals surface area (Å²) in [5.41, 5.74) is 6.62. The standard InChI is InChI=1S/C35H25BrN4O/c1-23-19-24(17-18-37-23)33-29-20-25-21-30(36)34(41)38-31(25)22-32(29)40(39-33)35(26-11-5-2-6-12-26,27-13-7-3-8-14-27)28-15-9-4-10-16-28/h2-22H,1H3,(H,38,41). The molecule has 6 heteroatoms. The molecule has 0 saturated heterocycles. The summed E-state index contributed by atoms with van der Waals surface area (Å²) in [6.45, 7) is 1.99. The molecule has 0 fully saturated rings. The van der Waals surface area contributed by atoms with Gasteiger partial charge in [-0.25, -0.2) is 4.68 Å². The van der Waals surface area contributed by atoms with E-state index < -0.39 is 5.54 Å². The zero-order valence-electron chi connectivity index (χ0n) is 22.3. The third-order valence-corrected chi connectivity index (χ3v) is 8.25. The van der Waals surface area contributed by atoms with Gasteiger partial charge in [-0.1, -0.05) is 91.0 Å². The van der Waals surface area contributed by atoms with Gasteiger partial charge in [0, 0.05) is 28.2 Å². The summed E-state index contributed by atoms with van der Waals surface area (Å²) in [5.74, 6) is 0. The summed E-state index contributed by atoms with van der Waals surface area (Å²) in [6, 6.07) is 41.6. The van der Waals surface area contributed by atoms with Crippen LogP contribution in [0.1, 0.15) is 22.4 Å². The van der Waals surface area contributed by atoms with E-state index in [1.54, 1.807) is 0 Å². The molecule has 0 amide bonds. The summed E-state index contributed by atoms with van der Waals surface area (Å²) in [6.07, 6.45) is 1.82. The average molecular weight is 598 g/mol. The van der Waals surface area contributed by atoms with Crippen LogP contribution in [0.25, 0.3) is 33.1 Å². The third kappa shape index (κ3) is 4.10. The van der Waals surface area contributed by atoms with Gasteiger partial charge in [0.2, 0.25) is 0 Å². The predicted octanol–water partition coefficient (Wildman–Crippen LogP) is 7.85. The van der Waals surface area contributed by atoms with Crippen molar-refractivity contribution in [3.05, 3.63) is 165 Å². The Balaban J connectivity index is 1.70. The monoisotopic (exact) mass is 596 g/mol. The second-order valence-corrected chi connectivity index (χ2v) is 11.0. The minimum Gasteiger partial charge on any atom is -0.321 e. The van der Waals surface area contributed by atoms with E-state index in [2.05, 4.69) is 116 Å². The quantitative estimate of drug-likeness (QED) is 0.206. The van der Waals surface area contributed by atoms with Gasteiger partial charge >= 0.3 is 0 Å². The van der Waals surface area contributed by atoms with Gasteiger partial charge in [0.15, 0.2) is 0 Å². The summed E-state index contributed by atoms with van der Waals surface area (Å²) in [7, 11) is 0. The van der Waals surface area contributed by atoms with E-state index in [0.29, 0.717) is 4.47 Å². The first-order chi connectivity index (χ1) is 20.1. The van der Waals surface area contributed by atoms with Gasteiger partial charge in [-0.05, 0) is 69.9 Å². The van der Waals surface area contributed by atoms with Crippen molar-refractivity contribution in [3.63, 3.8) is 0 Å². The number of benzene rings is 4. The Morgan fingerprint density at radius 1 is 0.756 bits per heavy atom. The lowest BCUT2D eigenvalue weighted by molar-refractivity contribution is 0.477. The number of halogens is 1. The Morgan fingerprint density at radius 2 is 1.34 bits per heavy atom. The first-order valence-electron chi connectivity index (χ1n) is 13.4. The number of rotatable bonds is 5. The lowest BCUT2D eigenvalue weighted by atomic mass is 9.77. The summed E-state index contributed by atoms with van der Waals surface area (Å²) >= 11 is 3.41. The molecular formula is C35H25BrN4O. The Hall–Kier alpha value is -4.81. The van der Waals surface area contributed by atoms with Crippen molar-refractivity contribution >= 4 is 37.7 Å². The number of aromatic amines is 1. The van der Waals surface area contributed by atoms with E-state index in [9.17, 15) is 4.79 Å². The molecule has 0 radical (unpaired) electrons. The SMILES string of the molecule is Cc1cc(-c2nn(C(c3ccccc3)(c3ccccc3)c3ccccc3)c3cc4[nH]c(=O)c(Br)cc4cc23)ccn1. The van der Waals surface area contributed by atoms with Crippen molar-refractivity contribution < 1.29 is 0 Å². The second-order valence-electron chi connectivity index (χ2n) is 10.2. The van der Waals surface area contributed by atoms with Gasteiger partial charge in [0.25, 0.3) is 5.56 Å². The van der Waals surface area contributed by atoms with Crippen LogP contribution in [0.3, 0.4) is 0 Å². The number of fused-ring (bicyclic) bond motifs is 2. The van der Waals surface area contributed by atoms with Crippen LogP contribution in [-0.2, 0) is 5.54 Å². The number of aromatic nitrogens is 4. The van der Waals surface area contributed by atoms with Crippen LogP contribution in [-0.4, -0.2) is 19.7 Å². The van der Waals surface area contributed by atoms with E-state index in [4.69, 9.17) is 5.10 Å². The van der Waals surface area contributed by atoms with Gasteiger partial charge in [-0.2, -0.15) is 5.10 Å². The molecular weight excluding hydrogens is 572 g/mol. The van der Waals surface area contributed by atoms with Crippen LogP contribution >= 0.6 is 15.9 Å². The molecule has 0 aliphatic heterocycles. The maximum absolute atomic E-state index is 12.6. The van der Waals surface area contributed by atoms with Gasteiger partial charge in [-0.3, -0.25) is 9.78 Å². The fourth-order valence-electron chi connectivity index (χ4n) is 5.86. The Kier molecular flexibility index (Phi) is 6.13. The van der Waals surface area contributed by atoms with Crippen LogP contribution in [0.4, 0.5) is 0 Å². The van der Waals surface area contributed by atoms with E-state index in [0.717, 1.165) is 55.4 Å². The van der Waals surface area contributed by atoms with Crippen LogP contribution in [0.15, 0.2) is 137 Å². The number of aryl methyl sites for hydroxylation is 1. The summed E-state index contributed by atoms with van der Waals surface area (Å²) in [5, 5.41) is 7.35. The van der Waals surface area contributed by atoms with Gasteiger partial charge in [0.1, 0.15) is 11.2 Å². The van der Waals surface area contributed by atoms with Gasteiger partial charge in [-0.15, -0.1) is 0 Å². The average Bonchev–Trinajstić information content (AvgIpc) is 3.37. The Labute approximate surface area is 245 Å². The molecule has 5 nitrogen and oxygen atoms in total. The van der Waals surface area contributed by atoms with Crippen molar-refractivity contribution in [3.8, 4) is 11.3 Å². The van der Waals surface area contributed by atoms with E-state index >= 15 is 0 Å². The lowest BCUT2D eigenvalue weighted by Crippen LogP contribution is -2.38. The maximum Gasteiger partial charge on any atom is 0.262 e. The number of nitrogens with zero attached hydrogens (tertiary/aromatic N) is 3. The normalized spacial score (nSPS) is 11.8. The van der Waals surface area contributed by atoms with Crippen molar-refractivity contribution in [1.29, 1.82) is 0 Å². The highest BCUT2D eigenvalue weighted by molar-refractivity contribution is 9.10. The largest absolute Gasteiger partial charge is 0.321 e. The molecule has 0 unspecified atom stereocenters. The van der Waals surface area contributed by atoms with Crippen molar-refractivity contribution in [1.82, 2.24) is 19.7 Å². The number of hydrogen-bond donors (Lipinski definition) is 1. The molecule has 198 valence electrons. The molecule has 0 atom stereocenters. The van der Waals surface area contributed by atoms with E-state index in [1.807, 2.05) is 49.5 Å². The number of hydrogen-bond acceptors (Lipinski definition) is 3. The van der Waals surface area contributed by atoms with Crippen LogP contribution in [0.2, 0.25) is 0 Å². The fourth-order valence-corrected chi connectivity index (χ4v) is 6.20. The maximum atomic E-state index is 12.6. The molecule has 7 rings (SSSR count). The zero-order chi connectivity index (χ0) is 28.0. The minimum absolute atomic E-state index is 0.173. The number of H-pyrrole nitrogens is 1. The highest BCUT2D eigenvalue weighted by atomic mass is 79.9. The van der Waals surface area contributed by atoms with Crippen molar-refractivity contribution in [2.75, 3.05) is 0 Å². The molecule has 0 spiro atoms. The molecule has 7 aromatic rings. The molecule has 3 heterocycles. The molecule has 0 aliphatic rings. The van der Waals surface area contributed by atoms with E-state index in [1.165, 1.54) is 0 Å². The Morgan fingerprint density at radius 3 is 1.90 bits per heavy atom. The van der Waals surface area contributed by atoms with Crippen LogP contribution in [0.5, 0.6) is 0 Å². The van der Waals surface area contributed by atoms with Crippen LogP contribution < -0.4 is 5.56 Å². The number of pyridine rings is 2. The number of nitrogens with one attached hydrogen (secondary N) is 1. The predicted molar refractivity (Wildman–Crippen MR) is 168 cm³/mol. The summed E-state index contributed by atoms with van der Waals surface area (Å²) in [4.78, 5) is 20.1. The molecule has 4 aromatic carbocycles. The molecule has 0 bridgehead atoms. The van der Waals surface area contributed by atoms with Crippen molar-refractivity contribution in [2.45, 2.75) is 12.5 Å². The first kappa shape index (κ1) is 25.2. The highest BCUT2D eigenvalue weighted by Crippen LogP contribution is 2.44. The van der Waals surface area contributed by atoms with Crippen molar-refractivity contribution in [2.24, 2.45) is 0 Å². The topological polar surface area (TPSA) is 63.6 Å². The Bertz CT molecular complexity index is 1990. The molecule has 41 heavy (non-hydrogen) atoms. The highest BCUT2D eigenvalue weighted by Gasteiger charge is 2.41. The third-order valence-electron chi connectivity index (χ3n) is 7.66.